The molecule has 138 valence electrons. The van der Waals surface area contributed by atoms with Crippen LogP contribution in [0.25, 0.3) is 0 Å². The predicted molar refractivity (Wildman–Crippen MR) is 93.6 cm³/mol. The summed E-state index contributed by atoms with van der Waals surface area (Å²) in [6.07, 6.45) is -4.96. The maximum absolute atomic E-state index is 12.0. The van der Waals surface area contributed by atoms with Crippen LogP contribution in [0.2, 0.25) is 5.02 Å². The number of ether oxygens (including phenoxy) is 1. The van der Waals surface area contributed by atoms with Gasteiger partial charge in [0.25, 0.3) is 5.91 Å². The van der Waals surface area contributed by atoms with Crippen LogP contribution in [-0.2, 0) is 6.61 Å². The predicted octanol–water partition coefficient (Wildman–Crippen LogP) is 4.90. The average Bonchev–Trinajstić information content (AvgIpc) is 2.57. The second-order valence-electron chi connectivity index (χ2n) is 5.47. The molecule has 8 heteroatoms. The SMILES string of the molecule is Cc1cc(Cl)ccc1OCc1cccc(C(=O)N/N=C\CC(F)(F)F)c1. The standard InChI is InChI=1S/C18H16ClF3N2O2/c1-12-9-15(19)5-6-16(12)26-11-13-3-2-4-14(10-13)17(25)24-23-8-7-18(20,21)22/h2-6,8-10H,7,11H2,1H3,(H,24,25)/b23-8-. The Labute approximate surface area is 153 Å². The Bertz CT molecular complexity index is 807. The van der Waals surface area contributed by atoms with E-state index < -0.39 is 18.5 Å². The molecule has 0 aliphatic heterocycles. The number of halogens is 4. The maximum Gasteiger partial charge on any atom is 0.394 e. The molecular weight excluding hydrogens is 369 g/mol. The highest BCUT2D eigenvalue weighted by molar-refractivity contribution is 6.30. The van der Waals surface area contributed by atoms with Crippen molar-refractivity contribution in [3.8, 4) is 5.75 Å². The number of carbonyl (C=O) groups is 1. The van der Waals surface area contributed by atoms with E-state index in [1.54, 1.807) is 36.4 Å². The van der Waals surface area contributed by atoms with Crippen molar-refractivity contribution in [3.63, 3.8) is 0 Å². The number of amides is 1. The lowest BCUT2D eigenvalue weighted by molar-refractivity contribution is -0.120. The summed E-state index contributed by atoms with van der Waals surface area (Å²) in [5, 5.41) is 3.90. The Balaban J connectivity index is 1.95. The minimum atomic E-state index is -4.36. The Morgan fingerprint density at radius 1 is 1.27 bits per heavy atom. The van der Waals surface area contributed by atoms with E-state index in [-0.39, 0.29) is 12.2 Å². The van der Waals surface area contributed by atoms with Crippen LogP contribution in [0.5, 0.6) is 5.75 Å². The summed E-state index contributed by atoms with van der Waals surface area (Å²) in [5.74, 6) is 0.0638. The quantitative estimate of drug-likeness (QED) is 0.569. The molecule has 0 saturated carbocycles. The summed E-state index contributed by atoms with van der Waals surface area (Å²) in [6.45, 7) is 2.09. The first-order valence-corrected chi connectivity index (χ1v) is 7.99. The van der Waals surface area contributed by atoms with Crippen molar-refractivity contribution in [2.24, 2.45) is 5.10 Å². The second kappa shape index (κ2) is 8.71. The third-order valence-electron chi connectivity index (χ3n) is 3.30. The largest absolute Gasteiger partial charge is 0.489 e. The molecule has 0 spiro atoms. The second-order valence-corrected chi connectivity index (χ2v) is 5.91. The summed E-state index contributed by atoms with van der Waals surface area (Å²) in [6, 6.07) is 11.8. The molecule has 0 atom stereocenters. The highest BCUT2D eigenvalue weighted by Crippen LogP contribution is 2.23. The van der Waals surface area contributed by atoms with Crippen LogP contribution < -0.4 is 10.2 Å². The Hall–Kier alpha value is -2.54. The molecule has 0 fully saturated rings. The molecule has 1 N–H and O–H groups in total. The summed E-state index contributed by atoms with van der Waals surface area (Å²) in [7, 11) is 0. The molecule has 2 rings (SSSR count). The lowest BCUT2D eigenvalue weighted by Gasteiger charge is -2.10. The summed E-state index contributed by atoms with van der Waals surface area (Å²) in [5.41, 5.74) is 3.94. The monoisotopic (exact) mass is 384 g/mol. The van der Waals surface area contributed by atoms with Gasteiger partial charge in [-0.3, -0.25) is 4.79 Å². The van der Waals surface area contributed by atoms with Gasteiger partial charge in [-0.2, -0.15) is 18.3 Å². The summed E-state index contributed by atoms with van der Waals surface area (Å²) >= 11 is 5.89. The maximum atomic E-state index is 12.0. The van der Waals surface area contributed by atoms with Gasteiger partial charge in [-0.15, -0.1) is 0 Å². The van der Waals surface area contributed by atoms with E-state index in [2.05, 4.69) is 10.5 Å². The number of aryl methyl sites for hydroxylation is 1. The molecule has 1 amide bonds. The molecule has 2 aromatic rings. The lowest BCUT2D eigenvalue weighted by Crippen LogP contribution is -2.18. The minimum absolute atomic E-state index is 0.223. The molecule has 26 heavy (non-hydrogen) atoms. The number of nitrogens with zero attached hydrogens (tertiary/aromatic N) is 1. The third kappa shape index (κ3) is 6.40. The van der Waals surface area contributed by atoms with Gasteiger partial charge >= 0.3 is 6.18 Å². The van der Waals surface area contributed by atoms with Crippen molar-refractivity contribution in [3.05, 3.63) is 64.2 Å². The fourth-order valence-electron chi connectivity index (χ4n) is 2.06. The van der Waals surface area contributed by atoms with E-state index in [1.807, 2.05) is 6.92 Å². The number of carbonyl (C=O) groups excluding carboxylic acids is 1. The first kappa shape index (κ1) is 19.8. The number of alkyl halides is 3. The molecule has 0 heterocycles. The van der Waals surface area contributed by atoms with Gasteiger partial charge in [0.05, 0.1) is 6.42 Å². The van der Waals surface area contributed by atoms with Crippen molar-refractivity contribution < 1.29 is 22.7 Å². The zero-order chi connectivity index (χ0) is 19.2. The van der Waals surface area contributed by atoms with Crippen molar-refractivity contribution in [1.82, 2.24) is 5.43 Å². The van der Waals surface area contributed by atoms with Gasteiger partial charge in [-0.1, -0.05) is 23.7 Å². The fraction of sp³-hybridized carbons (Fsp3) is 0.222. The Kier molecular flexibility index (Phi) is 6.63. The van der Waals surface area contributed by atoms with Crippen molar-refractivity contribution in [1.29, 1.82) is 0 Å². The highest BCUT2D eigenvalue weighted by Gasteiger charge is 2.25. The normalized spacial score (nSPS) is 11.6. The van der Waals surface area contributed by atoms with Gasteiger partial charge in [-0.05, 0) is 48.4 Å². The van der Waals surface area contributed by atoms with E-state index in [1.165, 1.54) is 6.07 Å². The smallest absolute Gasteiger partial charge is 0.394 e. The first-order chi connectivity index (χ1) is 12.2. The van der Waals surface area contributed by atoms with Gasteiger partial charge in [-0.25, -0.2) is 5.43 Å². The Morgan fingerprint density at radius 3 is 2.73 bits per heavy atom. The van der Waals surface area contributed by atoms with Crippen LogP contribution in [0, 0.1) is 6.92 Å². The molecule has 0 bridgehead atoms. The number of rotatable bonds is 6. The van der Waals surface area contributed by atoms with Crippen LogP contribution in [0.4, 0.5) is 13.2 Å². The topological polar surface area (TPSA) is 50.7 Å². The molecule has 0 aliphatic rings. The van der Waals surface area contributed by atoms with E-state index in [4.69, 9.17) is 16.3 Å². The van der Waals surface area contributed by atoms with Crippen LogP contribution in [0.15, 0.2) is 47.6 Å². The summed E-state index contributed by atoms with van der Waals surface area (Å²) in [4.78, 5) is 11.9. The molecule has 0 aromatic heterocycles. The van der Waals surface area contributed by atoms with E-state index in [0.717, 1.165) is 11.1 Å². The number of hydrazone groups is 1. The molecule has 0 unspecified atom stereocenters. The molecule has 0 radical (unpaired) electrons. The van der Waals surface area contributed by atoms with Gasteiger partial charge in [0.15, 0.2) is 0 Å². The van der Waals surface area contributed by atoms with Crippen molar-refractivity contribution in [2.45, 2.75) is 26.1 Å². The minimum Gasteiger partial charge on any atom is -0.489 e. The van der Waals surface area contributed by atoms with Crippen LogP contribution >= 0.6 is 11.6 Å². The Morgan fingerprint density at radius 2 is 2.04 bits per heavy atom. The highest BCUT2D eigenvalue weighted by atomic mass is 35.5. The van der Waals surface area contributed by atoms with Gasteiger partial charge < -0.3 is 4.74 Å². The van der Waals surface area contributed by atoms with E-state index in [0.29, 0.717) is 17.0 Å². The molecule has 4 nitrogen and oxygen atoms in total. The van der Waals surface area contributed by atoms with Gasteiger partial charge in [0, 0.05) is 16.8 Å². The zero-order valence-corrected chi connectivity index (χ0v) is 14.6. The molecule has 2 aromatic carbocycles. The third-order valence-corrected chi connectivity index (χ3v) is 3.54. The van der Waals surface area contributed by atoms with Crippen LogP contribution in [-0.4, -0.2) is 18.3 Å². The van der Waals surface area contributed by atoms with Crippen LogP contribution in [0.1, 0.15) is 27.9 Å². The molecule has 0 aliphatic carbocycles. The number of hydrogen-bond donors (Lipinski definition) is 1. The van der Waals surface area contributed by atoms with Crippen LogP contribution in [0.3, 0.4) is 0 Å². The number of nitrogens with one attached hydrogen (secondary N) is 1. The summed E-state index contributed by atoms with van der Waals surface area (Å²) < 4.78 is 41.7. The van der Waals surface area contributed by atoms with Crippen molar-refractivity contribution in [2.75, 3.05) is 0 Å². The zero-order valence-electron chi connectivity index (χ0n) is 13.8. The molecular formula is C18H16ClF3N2O2. The van der Waals surface area contributed by atoms with Gasteiger partial charge in [0.1, 0.15) is 12.4 Å². The lowest BCUT2D eigenvalue weighted by atomic mass is 10.1. The van der Waals surface area contributed by atoms with E-state index >= 15 is 0 Å². The fourth-order valence-corrected chi connectivity index (χ4v) is 2.28. The molecule has 0 saturated heterocycles. The van der Waals surface area contributed by atoms with E-state index in [9.17, 15) is 18.0 Å². The number of benzene rings is 2. The van der Waals surface area contributed by atoms with Crippen molar-refractivity contribution >= 4 is 23.7 Å². The first-order valence-electron chi connectivity index (χ1n) is 7.61. The number of hydrogen-bond acceptors (Lipinski definition) is 3. The van der Waals surface area contributed by atoms with Gasteiger partial charge in [0.2, 0.25) is 0 Å². The average molecular weight is 385 g/mol.